The molecule has 0 aliphatic rings. The lowest BCUT2D eigenvalue weighted by molar-refractivity contribution is -0.121. The summed E-state index contributed by atoms with van der Waals surface area (Å²) >= 11 is 0. The summed E-state index contributed by atoms with van der Waals surface area (Å²) < 4.78 is 0. The van der Waals surface area contributed by atoms with Gasteiger partial charge in [-0.1, -0.05) is 37.3 Å². The fourth-order valence-corrected chi connectivity index (χ4v) is 1.46. The van der Waals surface area contributed by atoms with Crippen LogP contribution >= 0.6 is 0 Å². The van der Waals surface area contributed by atoms with Gasteiger partial charge in [0.1, 0.15) is 0 Å². The maximum absolute atomic E-state index is 11.4. The van der Waals surface area contributed by atoms with Gasteiger partial charge in [0, 0.05) is 19.0 Å². The number of amides is 1. The summed E-state index contributed by atoms with van der Waals surface area (Å²) in [5.41, 5.74) is 6.47. The molecule has 0 saturated heterocycles. The molecule has 0 bridgehead atoms. The first kappa shape index (κ1) is 13.7. The number of nitrogens with two attached hydrogens (primary N) is 1. The van der Waals surface area contributed by atoms with Crippen LogP contribution in [-0.4, -0.2) is 23.6 Å². The second-order valence-corrected chi connectivity index (χ2v) is 4.10. The smallest absolute Gasteiger partial charge is 0.221 e. The van der Waals surface area contributed by atoms with E-state index in [1.165, 1.54) is 0 Å². The van der Waals surface area contributed by atoms with Crippen molar-refractivity contribution < 1.29 is 9.90 Å². The molecule has 0 aromatic heterocycles. The summed E-state index contributed by atoms with van der Waals surface area (Å²) in [5.74, 6) is -0.116. The molecule has 1 rings (SSSR count). The van der Waals surface area contributed by atoms with Gasteiger partial charge in [0.25, 0.3) is 0 Å². The van der Waals surface area contributed by atoms with Crippen LogP contribution in [-0.2, 0) is 4.79 Å². The molecule has 2 atom stereocenters. The monoisotopic (exact) mass is 236 g/mol. The summed E-state index contributed by atoms with van der Waals surface area (Å²) in [6.45, 7) is 2.16. The van der Waals surface area contributed by atoms with Crippen molar-refractivity contribution in [1.82, 2.24) is 5.32 Å². The van der Waals surface area contributed by atoms with Crippen molar-refractivity contribution in [1.29, 1.82) is 0 Å². The average molecular weight is 236 g/mol. The zero-order valence-corrected chi connectivity index (χ0v) is 10.1. The number of rotatable bonds is 6. The van der Waals surface area contributed by atoms with Crippen molar-refractivity contribution in [2.75, 3.05) is 6.54 Å². The van der Waals surface area contributed by atoms with E-state index >= 15 is 0 Å². The molecule has 2 unspecified atom stereocenters. The average Bonchev–Trinajstić information content (AvgIpc) is 2.36. The quantitative estimate of drug-likeness (QED) is 0.688. The molecule has 17 heavy (non-hydrogen) atoms. The number of carbonyl (C=O) groups is 1. The van der Waals surface area contributed by atoms with E-state index < -0.39 is 6.10 Å². The number of hydrogen-bond donors (Lipinski definition) is 3. The largest absolute Gasteiger partial charge is 0.387 e. The lowest BCUT2D eigenvalue weighted by Crippen LogP contribution is -2.33. The highest BCUT2D eigenvalue weighted by atomic mass is 16.3. The Hall–Kier alpha value is -1.39. The van der Waals surface area contributed by atoms with E-state index in [1.807, 2.05) is 37.3 Å². The van der Waals surface area contributed by atoms with E-state index in [0.29, 0.717) is 6.42 Å². The van der Waals surface area contributed by atoms with E-state index in [1.54, 1.807) is 0 Å². The Morgan fingerprint density at radius 3 is 2.65 bits per heavy atom. The van der Waals surface area contributed by atoms with Crippen molar-refractivity contribution in [3.8, 4) is 0 Å². The summed E-state index contributed by atoms with van der Waals surface area (Å²) in [5, 5.41) is 12.5. The molecule has 1 amide bonds. The summed E-state index contributed by atoms with van der Waals surface area (Å²) in [4.78, 5) is 11.4. The highest BCUT2D eigenvalue weighted by Crippen LogP contribution is 2.10. The minimum absolute atomic E-state index is 0.108. The second kappa shape index (κ2) is 7.04. The zero-order valence-electron chi connectivity index (χ0n) is 10.1. The number of nitrogens with one attached hydrogen (secondary N) is 1. The molecule has 0 radical (unpaired) electrons. The van der Waals surface area contributed by atoms with E-state index in [9.17, 15) is 9.90 Å². The van der Waals surface area contributed by atoms with Gasteiger partial charge in [0.05, 0.1) is 6.10 Å². The summed E-state index contributed by atoms with van der Waals surface area (Å²) in [6, 6.07) is 9.14. The molecule has 0 fully saturated rings. The molecule has 0 aliphatic heterocycles. The van der Waals surface area contributed by atoms with E-state index in [4.69, 9.17) is 5.73 Å². The van der Waals surface area contributed by atoms with Crippen LogP contribution in [0.3, 0.4) is 0 Å². The second-order valence-electron chi connectivity index (χ2n) is 4.10. The maximum Gasteiger partial charge on any atom is 0.221 e. The van der Waals surface area contributed by atoms with Crippen LogP contribution in [0.2, 0.25) is 0 Å². The number of aliphatic hydroxyl groups excluding tert-OH is 1. The van der Waals surface area contributed by atoms with Gasteiger partial charge in [-0.15, -0.1) is 0 Å². The first-order chi connectivity index (χ1) is 8.13. The fraction of sp³-hybridized carbons (Fsp3) is 0.462. The number of aliphatic hydroxyl groups is 1. The third-order valence-electron chi connectivity index (χ3n) is 2.65. The summed E-state index contributed by atoms with van der Waals surface area (Å²) in [6.07, 6.45) is 0.408. The van der Waals surface area contributed by atoms with Gasteiger partial charge in [-0.05, 0) is 12.0 Å². The predicted molar refractivity (Wildman–Crippen MR) is 67.3 cm³/mol. The SMILES string of the molecule is CCC(N)CC(=O)NCC(O)c1ccccc1. The van der Waals surface area contributed by atoms with E-state index in [-0.39, 0.29) is 18.5 Å². The lowest BCUT2D eigenvalue weighted by Gasteiger charge is -2.13. The minimum atomic E-state index is -0.669. The van der Waals surface area contributed by atoms with Gasteiger partial charge in [0.15, 0.2) is 0 Å². The third-order valence-corrected chi connectivity index (χ3v) is 2.65. The van der Waals surface area contributed by atoms with Crippen LogP contribution in [0.1, 0.15) is 31.4 Å². The summed E-state index contributed by atoms with van der Waals surface area (Å²) in [7, 11) is 0. The van der Waals surface area contributed by atoms with Crippen molar-refractivity contribution in [3.05, 3.63) is 35.9 Å². The Morgan fingerprint density at radius 2 is 2.06 bits per heavy atom. The molecule has 0 saturated carbocycles. The van der Waals surface area contributed by atoms with Crippen molar-refractivity contribution in [2.24, 2.45) is 5.73 Å². The fourth-order valence-electron chi connectivity index (χ4n) is 1.46. The number of benzene rings is 1. The first-order valence-electron chi connectivity index (χ1n) is 5.88. The van der Waals surface area contributed by atoms with Crippen molar-refractivity contribution >= 4 is 5.91 Å². The normalized spacial score (nSPS) is 14.1. The van der Waals surface area contributed by atoms with Gasteiger partial charge in [0.2, 0.25) is 5.91 Å². The Morgan fingerprint density at radius 1 is 1.41 bits per heavy atom. The molecule has 0 aliphatic carbocycles. The van der Waals surface area contributed by atoms with E-state index in [0.717, 1.165) is 12.0 Å². The van der Waals surface area contributed by atoms with Crippen LogP contribution in [0.15, 0.2) is 30.3 Å². The lowest BCUT2D eigenvalue weighted by atomic mass is 10.1. The van der Waals surface area contributed by atoms with Crippen molar-refractivity contribution in [3.63, 3.8) is 0 Å². The molecule has 0 spiro atoms. The van der Waals surface area contributed by atoms with Gasteiger partial charge in [-0.3, -0.25) is 4.79 Å². The van der Waals surface area contributed by atoms with Crippen molar-refractivity contribution in [2.45, 2.75) is 31.9 Å². The van der Waals surface area contributed by atoms with Crippen LogP contribution in [0.5, 0.6) is 0 Å². The highest BCUT2D eigenvalue weighted by Gasteiger charge is 2.11. The van der Waals surface area contributed by atoms with Gasteiger partial charge in [-0.2, -0.15) is 0 Å². The highest BCUT2D eigenvalue weighted by molar-refractivity contribution is 5.76. The van der Waals surface area contributed by atoms with Crippen LogP contribution in [0.4, 0.5) is 0 Å². The topological polar surface area (TPSA) is 75.4 Å². The van der Waals surface area contributed by atoms with Crippen LogP contribution in [0.25, 0.3) is 0 Å². The minimum Gasteiger partial charge on any atom is -0.387 e. The third kappa shape index (κ3) is 4.97. The molecule has 0 heterocycles. The first-order valence-corrected chi connectivity index (χ1v) is 5.88. The molecular formula is C13H20N2O2. The standard InChI is InChI=1S/C13H20N2O2/c1-2-11(14)8-13(17)15-9-12(16)10-6-4-3-5-7-10/h3-7,11-12,16H,2,8-9,14H2,1H3,(H,15,17). The molecule has 4 heteroatoms. The molecule has 4 nitrogen and oxygen atoms in total. The zero-order chi connectivity index (χ0) is 12.7. The number of hydrogen-bond acceptors (Lipinski definition) is 3. The van der Waals surface area contributed by atoms with Crippen LogP contribution < -0.4 is 11.1 Å². The van der Waals surface area contributed by atoms with E-state index in [2.05, 4.69) is 5.32 Å². The predicted octanol–water partition coefficient (Wildman–Crippen LogP) is 0.964. The Bertz CT molecular complexity index is 341. The molecule has 4 N–H and O–H groups in total. The number of carbonyl (C=O) groups excluding carboxylic acids is 1. The molecule has 1 aromatic carbocycles. The van der Waals surface area contributed by atoms with Gasteiger partial charge < -0.3 is 16.2 Å². The maximum atomic E-state index is 11.4. The van der Waals surface area contributed by atoms with Crippen LogP contribution in [0, 0.1) is 0 Å². The Balaban J connectivity index is 2.33. The Kier molecular flexibility index (Phi) is 5.66. The molecule has 94 valence electrons. The Labute approximate surface area is 102 Å². The van der Waals surface area contributed by atoms with Gasteiger partial charge in [-0.25, -0.2) is 0 Å². The van der Waals surface area contributed by atoms with Gasteiger partial charge >= 0.3 is 0 Å². The molecular weight excluding hydrogens is 216 g/mol. The molecule has 1 aromatic rings.